The van der Waals surface area contributed by atoms with Gasteiger partial charge in [-0.15, -0.1) is 0 Å². The Hall–Kier alpha value is -4.87. The Balaban J connectivity index is 1.17. The Bertz CT molecular complexity index is 1480. The molecule has 250 valence electrons. The van der Waals surface area contributed by atoms with E-state index in [9.17, 15) is 19.2 Å². The van der Waals surface area contributed by atoms with Crippen molar-refractivity contribution >= 4 is 35.4 Å². The highest BCUT2D eigenvalue weighted by atomic mass is 16.6. The van der Waals surface area contributed by atoms with Crippen LogP contribution in [0.15, 0.2) is 59.1 Å². The molecule has 2 fully saturated rings. The van der Waals surface area contributed by atoms with Crippen LogP contribution in [0.25, 0.3) is 22.8 Å². The molecule has 0 bridgehead atoms. The van der Waals surface area contributed by atoms with Crippen molar-refractivity contribution in [3.05, 3.63) is 54.7 Å². The number of benzene rings is 2. The van der Waals surface area contributed by atoms with Gasteiger partial charge in [0, 0.05) is 35.6 Å². The molecule has 5 rings (SSSR count). The van der Waals surface area contributed by atoms with Gasteiger partial charge in [-0.05, 0) is 116 Å². The minimum absolute atomic E-state index is 0.258. The van der Waals surface area contributed by atoms with Gasteiger partial charge in [-0.1, -0.05) is 0 Å². The van der Waals surface area contributed by atoms with Crippen molar-refractivity contribution in [2.45, 2.75) is 90.5 Å². The molecule has 0 spiro atoms. The van der Waals surface area contributed by atoms with E-state index in [0.717, 1.165) is 24.0 Å². The molecule has 0 saturated carbocycles. The maximum atomic E-state index is 13.0. The monoisotopic (exact) mass is 645 g/mol. The van der Waals surface area contributed by atoms with Crippen LogP contribution in [-0.4, -0.2) is 75.2 Å². The minimum atomic E-state index is -0.638. The van der Waals surface area contributed by atoms with Gasteiger partial charge in [0.2, 0.25) is 17.7 Å². The summed E-state index contributed by atoms with van der Waals surface area (Å²) < 4.78 is 17.0. The van der Waals surface area contributed by atoms with Crippen molar-refractivity contribution in [3.63, 3.8) is 0 Å². The largest absolute Gasteiger partial charge is 0.444 e. The average molecular weight is 646 g/mol. The van der Waals surface area contributed by atoms with Crippen LogP contribution in [0.4, 0.5) is 21.0 Å². The number of oxazole rings is 1. The number of ether oxygens (including phenoxy) is 2. The first-order valence-corrected chi connectivity index (χ1v) is 15.9. The number of amides is 4. The Morgan fingerprint density at radius 1 is 0.702 bits per heavy atom. The number of carbonyl (C=O) groups excluding carboxylic acids is 4. The molecule has 0 aliphatic carbocycles. The second-order valence-electron chi connectivity index (χ2n) is 13.8. The summed E-state index contributed by atoms with van der Waals surface area (Å²) in [6.07, 6.45) is 3.27. The summed E-state index contributed by atoms with van der Waals surface area (Å²) in [4.78, 5) is 58.6. The molecule has 2 atom stereocenters. The first-order chi connectivity index (χ1) is 22.2. The molecule has 1 aromatic heterocycles. The zero-order valence-electron chi connectivity index (χ0n) is 27.8. The number of carbonyl (C=O) groups is 4. The van der Waals surface area contributed by atoms with Gasteiger partial charge in [-0.25, -0.2) is 14.6 Å². The highest BCUT2D eigenvalue weighted by Crippen LogP contribution is 2.29. The molecule has 2 N–H and O–H groups in total. The van der Waals surface area contributed by atoms with Crippen LogP contribution in [0.1, 0.15) is 67.2 Å². The second-order valence-corrected chi connectivity index (χ2v) is 13.8. The molecule has 4 amide bonds. The maximum absolute atomic E-state index is 13.0. The summed E-state index contributed by atoms with van der Waals surface area (Å²) >= 11 is 0. The van der Waals surface area contributed by atoms with E-state index in [0.29, 0.717) is 49.0 Å². The van der Waals surface area contributed by atoms with Crippen LogP contribution >= 0.6 is 0 Å². The molecular weight excluding hydrogens is 602 g/mol. The zero-order valence-corrected chi connectivity index (χ0v) is 27.8. The summed E-state index contributed by atoms with van der Waals surface area (Å²) in [6, 6.07) is 13.1. The fourth-order valence-electron chi connectivity index (χ4n) is 5.56. The Kier molecular flexibility index (Phi) is 9.60. The SMILES string of the molecule is CC(C)(C)OC(=O)N1CCCC1C(=O)Nc1ccc(-c2cnc(-c3ccc(NC(=O)C4CCCN4C(=O)OC(C)(C)C)cc3)o2)cc1. The van der Waals surface area contributed by atoms with Gasteiger partial charge in [0.25, 0.3) is 0 Å². The van der Waals surface area contributed by atoms with Crippen molar-refractivity contribution in [2.75, 3.05) is 23.7 Å². The predicted molar refractivity (Wildman–Crippen MR) is 177 cm³/mol. The van der Waals surface area contributed by atoms with Crippen LogP contribution in [0.3, 0.4) is 0 Å². The van der Waals surface area contributed by atoms with Gasteiger partial charge >= 0.3 is 12.2 Å². The Morgan fingerprint density at radius 3 is 1.55 bits per heavy atom. The third-order valence-electron chi connectivity index (χ3n) is 7.71. The lowest BCUT2D eigenvalue weighted by Gasteiger charge is -2.28. The topological polar surface area (TPSA) is 143 Å². The number of nitrogens with zero attached hydrogens (tertiary/aromatic N) is 3. The molecule has 3 aromatic rings. The lowest BCUT2D eigenvalue weighted by molar-refractivity contribution is -0.121. The summed E-state index contributed by atoms with van der Waals surface area (Å²) in [7, 11) is 0. The van der Waals surface area contributed by atoms with Gasteiger partial charge in [0.15, 0.2) is 5.76 Å². The molecule has 2 aliphatic rings. The summed E-state index contributed by atoms with van der Waals surface area (Å²) in [5.74, 6) is 0.435. The van der Waals surface area contributed by atoms with Crippen molar-refractivity contribution in [1.29, 1.82) is 0 Å². The van der Waals surface area contributed by atoms with E-state index in [4.69, 9.17) is 13.9 Å². The van der Waals surface area contributed by atoms with Crippen LogP contribution < -0.4 is 10.6 Å². The normalized spacial score (nSPS) is 18.2. The number of hydrogen-bond acceptors (Lipinski definition) is 8. The van der Waals surface area contributed by atoms with Gasteiger partial charge in [-0.3, -0.25) is 19.4 Å². The molecule has 2 aliphatic heterocycles. The van der Waals surface area contributed by atoms with E-state index < -0.39 is 35.5 Å². The van der Waals surface area contributed by atoms with Gasteiger partial charge in [-0.2, -0.15) is 0 Å². The first kappa shape index (κ1) is 33.5. The van der Waals surface area contributed by atoms with E-state index in [1.54, 1.807) is 84.1 Å². The lowest BCUT2D eigenvalue weighted by Crippen LogP contribution is -2.45. The summed E-state index contributed by atoms with van der Waals surface area (Å²) in [5, 5.41) is 5.80. The second kappa shape index (κ2) is 13.5. The number of hydrogen-bond donors (Lipinski definition) is 2. The van der Waals surface area contributed by atoms with Gasteiger partial charge in [0.05, 0.1) is 6.20 Å². The molecule has 47 heavy (non-hydrogen) atoms. The van der Waals surface area contributed by atoms with Crippen LogP contribution in [0.2, 0.25) is 0 Å². The molecule has 0 radical (unpaired) electrons. The van der Waals surface area contributed by atoms with Gasteiger partial charge in [0.1, 0.15) is 23.3 Å². The Morgan fingerprint density at radius 2 is 1.13 bits per heavy atom. The van der Waals surface area contributed by atoms with Crippen LogP contribution in [0, 0.1) is 0 Å². The standard InChI is InChI=1S/C35H43N5O7/c1-34(2,3)46-32(43)39-19-7-9-26(39)29(41)37-24-15-11-22(12-16-24)28-21-36-31(45-28)23-13-17-25(18-14-23)38-30(42)27-10-8-20-40(27)33(44)47-35(4,5)6/h11-18,21,26-27H,7-10,19-20H2,1-6H3,(H,37,41)(H,38,42). The highest BCUT2D eigenvalue weighted by molar-refractivity contribution is 5.98. The third kappa shape index (κ3) is 8.49. The quantitative estimate of drug-likeness (QED) is 0.302. The molecule has 12 heteroatoms. The number of aromatic nitrogens is 1. The predicted octanol–water partition coefficient (Wildman–Crippen LogP) is 6.68. The van der Waals surface area contributed by atoms with Crippen LogP contribution in [-0.2, 0) is 19.1 Å². The fourth-order valence-corrected chi connectivity index (χ4v) is 5.56. The fraction of sp³-hybridized carbons (Fsp3) is 0.457. The van der Waals surface area contributed by atoms with Crippen molar-refractivity contribution in [3.8, 4) is 22.8 Å². The molecule has 2 saturated heterocycles. The molecule has 2 unspecified atom stereocenters. The number of rotatable bonds is 6. The van der Waals surface area contributed by atoms with E-state index in [1.165, 1.54) is 9.80 Å². The number of likely N-dealkylation sites (tertiary alicyclic amines) is 2. The highest BCUT2D eigenvalue weighted by Gasteiger charge is 2.38. The lowest BCUT2D eigenvalue weighted by atomic mass is 10.1. The zero-order chi connectivity index (χ0) is 33.9. The van der Waals surface area contributed by atoms with Crippen molar-refractivity contribution < 1.29 is 33.1 Å². The van der Waals surface area contributed by atoms with Gasteiger partial charge < -0.3 is 24.5 Å². The molecule has 2 aromatic carbocycles. The number of nitrogens with one attached hydrogen (secondary N) is 2. The molecular formula is C35H43N5O7. The van der Waals surface area contributed by atoms with E-state index >= 15 is 0 Å². The minimum Gasteiger partial charge on any atom is -0.444 e. The van der Waals surface area contributed by atoms with Crippen molar-refractivity contribution in [2.24, 2.45) is 0 Å². The van der Waals surface area contributed by atoms with E-state index in [2.05, 4.69) is 15.6 Å². The van der Waals surface area contributed by atoms with E-state index in [-0.39, 0.29) is 11.8 Å². The average Bonchev–Trinajstić information content (AvgIpc) is 3.77. The summed E-state index contributed by atoms with van der Waals surface area (Å²) in [6.45, 7) is 11.8. The Labute approximate surface area is 274 Å². The first-order valence-electron chi connectivity index (χ1n) is 15.9. The molecule has 3 heterocycles. The van der Waals surface area contributed by atoms with Crippen LogP contribution in [0.5, 0.6) is 0 Å². The smallest absolute Gasteiger partial charge is 0.410 e. The van der Waals surface area contributed by atoms with Crippen molar-refractivity contribution in [1.82, 2.24) is 14.8 Å². The number of anilines is 2. The summed E-state index contributed by atoms with van der Waals surface area (Å²) in [5.41, 5.74) is 1.40. The van der Waals surface area contributed by atoms with E-state index in [1.807, 2.05) is 12.1 Å². The maximum Gasteiger partial charge on any atom is 0.410 e. The molecule has 12 nitrogen and oxygen atoms in total. The third-order valence-corrected chi connectivity index (χ3v) is 7.71.